The Labute approximate surface area is 53.1 Å². The highest BCUT2D eigenvalue weighted by Crippen LogP contribution is 2.16. The smallest absolute Gasteiger partial charge is 0.221 e. The molecule has 0 aliphatic heterocycles. The van der Waals surface area contributed by atoms with E-state index in [-0.39, 0.29) is 5.91 Å². The fourth-order valence-electron chi connectivity index (χ4n) is 0.312. The lowest BCUT2D eigenvalue weighted by molar-refractivity contribution is -0.122. The van der Waals surface area contributed by atoms with Crippen LogP contribution in [0.4, 0.5) is 0 Å². The zero-order valence-corrected chi connectivity index (χ0v) is 6.41. The van der Waals surface area contributed by atoms with Crippen molar-refractivity contribution in [3.63, 3.8) is 0 Å². The van der Waals surface area contributed by atoms with Crippen LogP contribution in [0, 0.1) is 0 Å². The van der Waals surface area contributed by atoms with Gasteiger partial charge in [-0.1, -0.05) is 13.8 Å². The first-order chi connectivity index (χ1) is 3.48. The summed E-state index contributed by atoms with van der Waals surface area (Å²) in [5, 5.41) is 2.08. The third-order valence-corrected chi connectivity index (χ3v) is 1.02. The van der Waals surface area contributed by atoms with Crippen molar-refractivity contribution in [3.05, 3.63) is 0 Å². The summed E-state index contributed by atoms with van der Waals surface area (Å²) >= 11 is 0. The standard InChI is InChI=1S/C5H10NOSi/c1-5(2,8)4(7)6-3/h1-3H3,(H,6,7). The van der Waals surface area contributed by atoms with Gasteiger partial charge >= 0.3 is 0 Å². The number of amides is 1. The Morgan fingerprint density at radius 1 is 1.62 bits per heavy atom. The molecule has 1 N–H and O–H groups in total. The Balaban J connectivity index is 3.82. The van der Waals surface area contributed by atoms with Gasteiger partial charge in [-0.15, -0.1) is 0 Å². The Kier molecular flexibility index (Phi) is 2.21. The van der Waals surface area contributed by atoms with Crippen LogP contribution >= 0.6 is 0 Å². The van der Waals surface area contributed by atoms with Crippen LogP contribution in [0.5, 0.6) is 0 Å². The van der Waals surface area contributed by atoms with Crippen LogP contribution in [0.15, 0.2) is 0 Å². The predicted molar refractivity (Wildman–Crippen MR) is 33.9 cm³/mol. The van der Waals surface area contributed by atoms with Crippen molar-refractivity contribution >= 4 is 16.1 Å². The van der Waals surface area contributed by atoms with Crippen LogP contribution in [-0.4, -0.2) is 23.2 Å². The average Bonchev–Trinajstić information content (AvgIpc) is 1.62. The molecule has 0 aromatic carbocycles. The van der Waals surface area contributed by atoms with Gasteiger partial charge in [-0.3, -0.25) is 4.79 Å². The second-order valence-corrected chi connectivity index (χ2v) is 3.45. The molecule has 0 saturated carbocycles. The Bertz CT molecular complexity index is 95.1. The fraction of sp³-hybridized carbons (Fsp3) is 0.800. The summed E-state index contributed by atoms with van der Waals surface area (Å²) in [5.41, 5.74) is 0. The lowest BCUT2D eigenvalue weighted by Gasteiger charge is -2.14. The van der Waals surface area contributed by atoms with Crippen LogP contribution in [0.25, 0.3) is 0 Å². The molecule has 2 nitrogen and oxygen atoms in total. The first-order valence-electron chi connectivity index (χ1n) is 2.45. The van der Waals surface area contributed by atoms with E-state index in [9.17, 15) is 4.79 Å². The van der Waals surface area contributed by atoms with Crippen LogP contribution in [0.3, 0.4) is 0 Å². The molecule has 0 fully saturated rings. The summed E-state index contributed by atoms with van der Waals surface area (Å²) in [5.74, 6) is -0.00540. The number of carbonyl (C=O) groups is 1. The highest BCUT2D eigenvalue weighted by atomic mass is 28.1. The molecule has 0 aliphatic rings. The highest BCUT2D eigenvalue weighted by Gasteiger charge is 2.18. The summed E-state index contributed by atoms with van der Waals surface area (Å²) in [6.07, 6.45) is 0. The maximum absolute atomic E-state index is 10.7. The molecule has 45 valence electrons. The van der Waals surface area contributed by atoms with Gasteiger partial charge in [0, 0.05) is 22.3 Å². The molecule has 0 rings (SSSR count). The lowest BCUT2D eigenvalue weighted by atomic mass is 10.2. The van der Waals surface area contributed by atoms with Gasteiger partial charge in [-0.2, -0.15) is 0 Å². The van der Waals surface area contributed by atoms with Crippen molar-refractivity contribution < 1.29 is 4.79 Å². The molecule has 0 aliphatic carbocycles. The molecule has 8 heavy (non-hydrogen) atoms. The largest absolute Gasteiger partial charge is 0.359 e. The second-order valence-electron chi connectivity index (χ2n) is 2.20. The highest BCUT2D eigenvalue weighted by molar-refractivity contribution is 6.27. The molecule has 3 heteroatoms. The maximum atomic E-state index is 10.7. The average molecular weight is 128 g/mol. The second kappa shape index (κ2) is 2.30. The zero-order valence-electron chi connectivity index (χ0n) is 5.41. The van der Waals surface area contributed by atoms with Crippen LogP contribution in [-0.2, 0) is 4.79 Å². The molecule has 0 aromatic rings. The minimum atomic E-state index is -0.436. The topological polar surface area (TPSA) is 29.1 Å². The van der Waals surface area contributed by atoms with Crippen molar-refractivity contribution in [3.8, 4) is 0 Å². The van der Waals surface area contributed by atoms with Crippen molar-refractivity contribution in [1.82, 2.24) is 5.32 Å². The van der Waals surface area contributed by atoms with E-state index < -0.39 is 5.04 Å². The summed E-state index contributed by atoms with van der Waals surface area (Å²) in [6.45, 7) is 3.59. The van der Waals surface area contributed by atoms with Crippen LogP contribution < -0.4 is 5.32 Å². The number of nitrogens with one attached hydrogen (secondary N) is 1. The molecular weight excluding hydrogens is 118 g/mol. The molecule has 0 aromatic heterocycles. The van der Waals surface area contributed by atoms with Crippen molar-refractivity contribution in [2.75, 3.05) is 7.05 Å². The summed E-state index contributed by atoms with van der Waals surface area (Å²) < 4.78 is 0. The van der Waals surface area contributed by atoms with E-state index in [2.05, 4.69) is 15.6 Å². The SMILES string of the molecule is CNC(=O)C(C)(C)[Si]. The van der Waals surface area contributed by atoms with E-state index in [4.69, 9.17) is 0 Å². The Hall–Kier alpha value is -0.313. The third kappa shape index (κ3) is 2.11. The van der Waals surface area contributed by atoms with Crippen molar-refractivity contribution in [2.45, 2.75) is 18.9 Å². The fourth-order valence-corrected chi connectivity index (χ4v) is 0.438. The van der Waals surface area contributed by atoms with Gasteiger partial charge < -0.3 is 5.32 Å². The minimum Gasteiger partial charge on any atom is -0.359 e. The summed E-state index contributed by atoms with van der Waals surface area (Å²) in [7, 11) is 4.86. The molecule has 0 bridgehead atoms. The minimum absolute atomic E-state index is 0.00540. The zero-order chi connectivity index (χ0) is 6.78. The molecular formula is C5H10NOSi. The molecule has 0 spiro atoms. The van der Waals surface area contributed by atoms with Gasteiger partial charge in [-0.05, 0) is 0 Å². The van der Waals surface area contributed by atoms with Crippen molar-refractivity contribution in [1.29, 1.82) is 0 Å². The quantitative estimate of drug-likeness (QED) is 0.499. The monoisotopic (exact) mass is 128 g/mol. The van der Waals surface area contributed by atoms with Gasteiger partial charge in [-0.25, -0.2) is 0 Å². The Morgan fingerprint density at radius 3 is 2.00 bits per heavy atom. The Morgan fingerprint density at radius 2 is 2.00 bits per heavy atom. The normalized spacial score (nSPS) is 11.0. The van der Waals surface area contributed by atoms with Gasteiger partial charge in [0.2, 0.25) is 5.91 Å². The van der Waals surface area contributed by atoms with Crippen LogP contribution in [0.2, 0.25) is 5.04 Å². The lowest BCUT2D eigenvalue weighted by Crippen LogP contribution is -2.29. The third-order valence-electron chi connectivity index (χ3n) is 0.795. The maximum Gasteiger partial charge on any atom is 0.221 e. The molecule has 1 amide bonds. The molecule has 3 radical (unpaired) electrons. The summed E-state index contributed by atoms with van der Waals surface area (Å²) in [6, 6.07) is 0. The van der Waals surface area contributed by atoms with Crippen molar-refractivity contribution in [2.24, 2.45) is 0 Å². The van der Waals surface area contributed by atoms with Crippen LogP contribution in [0.1, 0.15) is 13.8 Å². The van der Waals surface area contributed by atoms with Gasteiger partial charge in [0.1, 0.15) is 0 Å². The van der Waals surface area contributed by atoms with E-state index >= 15 is 0 Å². The predicted octanol–water partition coefficient (Wildman–Crippen LogP) is 0.0994. The first kappa shape index (κ1) is 7.69. The number of rotatable bonds is 1. The van der Waals surface area contributed by atoms with Gasteiger partial charge in [0.15, 0.2) is 0 Å². The van der Waals surface area contributed by atoms with E-state index in [0.29, 0.717) is 0 Å². The van der Waals surface area contributed by atoms with E-state index in [0.717, 1.165) is 0 Å². The number of hydrogen-bond donors (Lipinski definition) is 1. The molecule has 0 saturated heterocycles. The number of hydrogen-bond acceptors (Lipinski definition) is 1. The molecule has 0 atom stereocenters. The van der Waals surface area contributed by atoms with Gasteiger partial charge in [0.25, 0.3) is 0 Å². The molecule has 0 heterocycles. The summed E-state index contributed by atoms with van der Waals surface area (Å²) in [4.78, 5) is 10.7. The van der Waals surface area contributed by atoms with E-state index in [1.54, 1.807) is 20.9 Å². The van der Waals surface area contributed by atoms with E-state index in [1.807, 2.05) is 0 Å². The number of carbonyl (C=O) groups excluding carboxylic acids is 1. The first-order valence-corrected chi connectivity index (χ1v) is 2.95. The van der Waals surface area contributed by atoms with E-state index in [1.165, 1.54) is 0 Å². The van der Waals surface area contributed by atoms with Gasteiger partial charge in [0.05, 0.1) is 0 Å². The molecule has 0 unspecified atom stereocenters.